The Kier molecular flexibility index (Phi) is 9.66. The molecule has 0 saturated heterocycles. The van der Waals surface area contributed by atoms with Gasteiger partial charge in [-0.2, -0.15) is 0 Å². The number of thiophene rings is 1. The van der Waals surface area contributed by atoms with Crippen LogP contribution in [0.3, 0.4) is 0 Å². The molecule has 1 aromatic heterocycles. The Morgan fingerprint density at radius 1 is 1.36 bits per heavy atom. The van der Waals surface area contributed by atoms with Crippen LogP contribution in [-0.4, -0.2) is 28.8 Å². The first-order valence-corrected chi connectivity index (χ1v) is 9.82. The van der Waals surface area contributed by atoms with Crippen LogP contribution >= 0.6 is 22.9 Å². The Labute approximate surface area is 217 Å². The summed E-state index contributed by atoms with van der Waals surface area (Å²) in [5.74, 6) is -0.120. The maximum absolute atomic E-state index is 12.0. The topological polar surface area (TPSA) is 85.8 Å². The Bertz CT molecular complexity index is 844. The molecule has 0 bridgehead atoms. The second-order valence-electron chi connectivity index (χ2n) is 7.44. The molecule has 2 heterocycles. The first-order chi connectivity index (χ1) is 12.2. The zero-order chi connectivity index (χ0) is 19.1. The van der Waals surface area contributed by atoms with Gasteiger partial charge in [-0.1, -0.05) is 17.7 Å². The van der Waals surface area contributed by atoms with Gasteiger partial charge in [-0.05, 0) is 63.8 Å². The number of fused-ring (bicyclic) bond motifs is 1. The number of hydrogen-bond acceptors (Lipinski definition) is 5. The van der Waals surface area contributed by atoms with Crippen LogP contribution in [0.2, 0.25) is 4.34 Å². The van der Waals surface area contributed by atoms with Crippen molar-refractivity contribution in [2.24, 2.45) is 0 Å². The summed E-state index contributed by atoms with van der Waals surface area (Å²) < 4.78 is 12.1. The predicted octanol–water partition coefficient (Wildman–Crippen LogP) is 2.47. The summed E-state index contributed by atoms with van der Waals surface area (Å²) in [6.07, 6.45) is 0.853. The van der Waals surface area contributed by atoms with Gasteiger partial charge in [0.05, 0.1) is 12.2 Å². The molecule has 5 nitrogen and oxygen atoms in total. The van der Waals surface area contributed by atoms with Crippen LogP contribution in [0.4, 0.5) is 0 Å². The van der Waals surface area contributed by atoms with Crippen molar-refractivity contribution in [2.75, 3.05) is 6.61 Å². The fourth-order valence-electron chi connectivity index (χ4n) is 3.21. The average molecular weight is 451 g/mol. The summed E-state index contributed by atoms with van der Waals surface area (Å²) in [6.45, 7) is 8.17. The molecule has 1 aliphatic rings. The molecule has 1 aromatic carbocycles. The van der Waals surface area contributed by atoms with Crippen LogP contribution < -0.4 is 56.1 Å². The van der Waals surface area contributed by atoms with Crippen LogP contribution in [0.5, 0.6) is 5.75 Å². The van der Waals surface area contributed by atoms with Crippen molar-refractivity contribution in [1.29, 1.82) is 0 Å². The standard InChI is InChI=1S/C20H23ClO4S.K.H2O/c1-11-15(17(19(22)23)25-20(2,3)4)16(18(21)26-11)13-7-8-14-12(10-13)6-5-9-24-14;;/h7-8,10,17H,5-6,9H2,1-4H3,(H,22,23);;1H2/q;+1;/p-1. The molecule has 0 radical (unpaired) electrons. The van der Waals surface area contributed by atoms with E-state index < -0.39 is 17.7 Å². The van der Waals surface area contributed by atoms with Crippen molar-refractivity contribution in [3.8, 4) is 16.9 Å². The van der Waals surface area contributed by atoms with E-state index in [1.54, 1.807) is 0 Å². The summed E-state index contributed by atoms with van der Waals surface area (Å²) in [6, 6.07) is 5.94. The van der Waals surface area contributed by atoms with E-state index in [9.17, 15) is 9.90 Å². The van der Waals surface area contributed by atoms with Crippen molar-refractivity contribution in [1.82, 2.24) is 0 Å². The second-order valence-corrected chi connectivity index (χ2v) is 9.27. The molecular weight excluding hydrogens is 427 g/mol. The molecule has 0 aliphatic carbocycles. The van der Waals surface area contributed by atoms with Crippen molar-refractivity contribution >= 4 is 28.9 Å². The zero-order valence-electron chi connectivity index (χ0n) is 16.8. The van der Waals surface area contributed by atoms with Gasteiger partial charge >= 0.3 is 57.4 Å². The van der Waals surface area contributed by atoms with E-state index in [2.05, 4.69) is 6.07 Å². The SMILES string of the molecule is Cc1sc(Cl)c(-c2ccc3c(c2)CCCO3)c1C(OC(C)(C)C)C(=O)O.[K+].[OH-]. The van der Waals surface area contributed by atoms with E-state index in [1.165, 1.54) is 11.3 Å². The van der Waals surface area contributed by atoms with Gasteiger partial charge in [0, 0.05) is 16.0 Å². The Morgan fingerprint density at radius 2 is 2.04 bits per heavy atom. The zero-order valence-corrected chi connectivity index (χ0v) is 21.5. The van der Waals surface area contributed by atoms with Gasteiger partial charge in [0.1, 0.15) is 10.1 Å². The van der Waals surface area contributed by atoms with E-state index in [0.29, 0.717) is 9.90 Å². The number of benzene rings is 1. The van der Waals surface area contributed by atoms with Gasteiger partial charge < -0.3 is 20.1 Å². The fourth-order valence-corrected chi connectivity index (χ4v) is 4.69. The van der Waals surface area contributed by atoms with Crippen LogP contribution in [-0.2, 0) is 16.0 Å². The maximum Gasteiger partial charge on any atom is 1.00 e. The Balaban J connectivity index is 0.00000196. The van der Waals surface area contributed by atoms with Crippen molar-refractivity contribution in [2.45, 2.75) is 52.2 Å². The largest absolute Gasteiger partial charge is 1.00 e. The Hall–Kier alpha value is 0.0364. The number of rotatable bonds is 4. The molecule has 1 aliphatic heterocycles. The third-order valence-electron chi connectivity index (χ3n) is 4.24. The molecular formula is C20H24ClKO5S. The van der Waals surface area contributed by atoms with Crippen molar-refractivity contribution in [3.63, 3.8) is 0 Å². The minimum absolute atomic E-state index is 0. The molecule has 0 fully saturated rings. The third kappa shape index (κ3) is 5.80. The summed E-state index contributed by atoms with van der Waals surface area (Å²) in [5.41, 5.74) is 2.83. The van der Waals surface area contributed by atoms with Gasteiger partial charge in [-0.25, -0.2) is 4.79 Å². The Morgan fingerprint density at radius 3 is 2.64 bits per heavy atom. The number of aliphatic carboxylic acids is 1. The number of carbonyl (C=O) groups is 1. The average Bonchev–Trinajstić information content (AvgIpc) is 2.85. The minimum Gasteiger partial charge on any atom is -0.870 e. The number of ether oxygens (including phenoxy) is 2. The molecule has 1 unspecified atom stereocenters. The first kappa shape index (κ1) is 26.1. The van der Waals surface area contributed by atoms with Gasteiger partial charge in [0.15, 0.2) is 6.10 Å². The van der Waals surface area contributed by atoms with E-state index in [0.717, 1.165) is 46.8 Å². The van der Waals surface area contributed by atoms with Crippen molar-refractivity contribution < 1.29 is 76.2 Å². The number of carboxylic acids is 1. The fraction of sp³-hybridized carbons (Fsp3) is 0.450. The predicted molar refractivity (Wildman–Crippen MR) is 106 cm³/mol. The number of carboxylic acid groups (broad SMARTS) is 1. The first-order valence-electron chi connectivity index (χ1n) is 8.63. The monoisotopic (exact) mass is 450 g/mol. The number of hydrogen-bond donors (Lipinski definition) is 1. The van der Waals surface area contributed by atoms with E-state index in [1.807, 2.05) is 39.8 Å². The molecule has 2 N–H and O–H groups in total. The smallest absolute Gasteiger partial charge is 0.870 e. The van der Waals surface area contributed by atoms with Crippen LogP contribution in [0, 0.1) is 6.92 Å². The maximum atomic E-state index is 12.0. The quantitative estimate of drug-likeness (QED) is 0.723. The summed E-state index contributed by atoms with van der Waals surface area (Å²) in [7, 11) is 0. The van der Waals surface area contributed by atoms with E-state index in [4.69, 9.17) is 21.1 Å². The van der Waals surface area contributed by atoms with Crippen LogP contribution in [0.25, 0.3) is 11.1 Å². The molecule has 148 valence electrons. The molecule has 8 heteroatoms. The molecule has 1 atom stereocenters. The van der Waals surface area contributed by atoms with Gasteiger partial charge in [-0.15, -0.1) is 11.3 Å². The second kappa shape index (κ2) is 10.4. The molecule has 0 spiro atoms. The number of halogens is 1. The molecule has 28 heavy (non-hydrogen) atoms. The third-order valence-corrected chi connectivity index (χ3v) is 5.57. The minimum atomic E-state index is -1.07. The molecule has 0 saturated carbocycles. The molecule has 0 amide bonds. The van der Waals surface area contributed by atoms with Gasteiger partial charge in [0.2, 0.25) is 0 Å². The van der Waals surface area contributed by atoms with Crippen LogP contribution in [0.15, 0.2) is 18.2 Å². The van der Waals surface area contributed by atoms with Gasteiger partial charge in [-0.3, -0.25) is 0 Å². The molecule has 3 rings (SSSR count). The van der Waals surface area contributed by atoms with E-state index in [-0.39, 0.29) is 56.9 Å². The van der Waals surface area contributed by atoms with Gasteiger partial charge in [0.25, 0.3) is 0 Å². The van der Waals surface area contributed by atoms with E-state index >= 15 is 0 Å². The van der Waals surface area contributed by atoms with Crippen LogP contribution in [0.1, 0.15) is 49.3 Å². The summed E-state index contributed by atoms with van der Waals surface area (Å²) >= 11 is 7.92. The summed E-state index contributed by atoms with van der Waals surface area (Å²) in [4.78, 5) is 12.8. The summed E-state index contributed by atoms with van der Waals surface area (Å²) in [5, 5.41) is 9.80. The van der Waals surface area contributed by atoms with Crippen molar-refractivity contribution in [3.05, 3.63) is 38.5 Å². The molecule has 2 aromatic rings. The normalized spacial score (nSPS) is 14.2. The number of aryl methyl sites for hydroxylation is 2.